The van der Waals surface area contributed by atoms with Crippen LogP contribution in [-0.2, 0) is 6.54 Å². The SMILES string of the molecule is Cc1csc(Cn2c(C(NC(=O)O)[C@H](C)CC(C)(C)C)nc3c(oc4ccc(F)cc43)c2=O)c1. The van der Waals surface area contributed by atoms with E-state index in [-0.39, 0.29) is 34.8 Å². The number of rotatable bonds is 6. The highest BCUT2D eigenvalue weighted by Crippen LogP contribution is 2.34. The highest BCUT2D eigenvalue weighted by Gasteiger charge is 2.31. The topological polar surface area (TPSA) is 97.4 Å². The molecule has 0 fully saturated rings. The van der Waals surface area contributed by atoms with Crippen molar-refractivity contribution in [3.63, 3.8) is 0 Å². The Hall–Kier alpha value is -3.20. The molecule has 0 spiro atoms. The quantitative estimate of drug-likeness (QED) is 0.345. The van der Waals surface area contributed by atoms with E-state index in [0.717, 1.165) is 10.4 Å². The van der Waals surface area contributed by atoms with Crippen LogP contribution >= 0.6 is 11.3 Å². The second-order valence-electron chi connectivity index (χ2n) is 10.0. The predicted octanol–water partition coefficient (Wildman–Crippen LogP) is 6.08. The maximum atomic E-state index is 14.0. The first-order chi connectivity index (χ1) is 15.9. The van der Waals surface area contributed by atoms with E-state index in [4.69, 9.17) is 9.40 Å². The van der Waals surface area contributed by atoms with Crippen molar-refractivity contribution in [2.45, 2.75) is 53.6 Å². The molecule has 3 aromatic heterocycles. The molecule has 0 saturated heterocycles. The summed E-state index contributed by atoms with van der Waals surface area (Å²) in [5, 5.41) is 14.6. The predicted molar refractivity (Wildman–Crippen MR) is 131 cm³/mol. The molecule has 2 atom stereocenters. The van der Waals surface area contributed by atoms with Gasteiger partial charge in [-0.1, -0.05) is 27.7 Å². The highest BCUT2D eigenvalue weighted by molar-refractivity contribution is 7.10. The molecule has 34 heavy (non-hydrogen) atoms. The van der Waals surface area contributed by atoms with Crippen LogP contribution < -0.4 is 10.9 Å². The number of furan rings is 1. The number of nitrogens with zero attached hydrogens (tertiary/aromatic N) is 2. The van der Waals surface area contributed by atoms with E-state index in [1.165, 1.54) is 34.1 Å². The Morgan fingerprint density at radius 2 is 2.06 bits per heavy atom. The van der Waals surface area contributed by atoms with Crippen LogP contribution in [0.2, 0.25) is 0 Å². The van der Waals surface area contributed by atoms with Crippen molar-refractivity contribution < 1.29 is 18.7 Å². The number of carboxylic acid groups (broad SMARTS) is 1. The van der Waals surface area contributed by atoms with Gasteiger partial charge in [0.2, 0.25) is 5.58 Å². The summed E-state index contributed by atoms with van der Waals surface area (Å²) in [5.74, 6) is -0.362. The Labute approximate surface area is 200 Å². The zero-order valence-corrected chi connectivity index (χ0v) is 20.6. The van der Waals surface area contributed by atoms with E-state index in [1.807, 2.05) is 25.3 Å². The van der Waals surface area contributed by atoms with Gasteiger partial charge in [0.05, 0.1) is 12.6 Å². The van der Waals surface area contributed by atoms with Crippen LogP contribution in [0.4, 0.5) is 9.18 Å². The Balaban J connectivity index is 1.99. The molecular weight excluding hydrogens is 457 g/mol. The largest absolute Gasteiger partial charge is 0.465 e. The van der Waals surface area contributed by atoms with E-state index >= 15 is 0 Å². The Morgan fingerprint density at radius 1 is 1.32 bits per heavy atom. The van der Waals surface area contributed by atoms with Crippen LogP contribution in [-0.4, -0.2) is 20.8 Å². The van der Waals surface area contributed by atoms with E-state index in [9.17, 15) is 19.1 Å². The number of aromatic nitrogens is 2. The maximum Gasteiger partial charge on any atom is 0.405 e. The number of fused-ring (bicyclic) bond motifs is 3. The van der Waals surface area contributed by atoms with Crippen molar-refractivity contribution in [1.82, 2.24) is 14.9 Å². The zero-order chi connectivity index (χ0) is 24.8. The summed E-state index contributed by atoms with van der Waals surface area (Å²) in [6.45, 7) is 10.4. The minimum absolute atomic E-state index is 0.0233. The lowest BCUT2D eigenvalue weighted by Crippen LogP contribution is -2.38. The molecule has 0 bridgehead atoms. The molecule has 180 valence electrons. The first-order valence-corrected chi connectivity index (χ1v) is 12.0. The fourth-order valence-corrected chi connectivity index (χ4v) is 5.37. The number of thiophene rings is 1. The number of hydrogen-bond donors (Lipinski definition) is 2. The van der Waals surface area contributed by atoms with Crippen LogP contribution in [0.15, 0.2) is 38.9 Å². The third-order valence-corrected chi connectivity index (χ3v) is 6.76. The maximum absolute atomic E-state index is 14.0. The lowest BCUT2D eigenvalue weighted by Gasteiger charge is -2.30. The first-order valence-electron chi connectivity index (χ1n) is 11.1. The van der Waals surface area contributed by atoms with Gasteiger partial charge in [0.25, 0.3) is 5.56 Å². The van der Waals surface area contributed by atoms with Gasteiger partial charge in [0, 0.05) is 10.3 Å². The summed E-state index contributed by atoms with van der Waals surface area (Å²) in [6.07, 6.45) is -0.521. The second-order valence-corrected chi connectivity index (χ2v) is 11.0. The van der Waals surface area contributed by atoms with Gasteiger partial charge in [0.1, 0.15) is 22.7 Å². The minimum Gasteiger partial charge on any atom is -0.465 e. The fraction of sp³-hybridized carbons (Fsp3) is 0.400. The first kappa shape index (κ1) is 23.9. The number of carbonyl (C=O) groups is 1. The summed E-state index contributed by atoms with van der Waals surface area (Å²) < 4.78 is 21.3. The van der Waals surface area contributed by atoms with Gasteiger partial charge in [-0.3, -0.25) is 9.36 Å². The molecule has 3 heterocycles. The zero-order valence-electron chi connectivity index (χ0n) is 19.8. The van der Waals surface area contributed by atoms with Gasteiger partial charge in [0.15, 0.2) is 0 Å². The monoisotopic (exact) mass is 485 g/mol. The van der Waals surface area contributed by atoms with Gasteiger partial charge in [-0.05, 0) is 59.9 Å². The number of benzene rings is 1. The van der Waals surface area contributed by atoms with E-state index in [1.54, 1.807) is 0 Å². The van der Waals surface area contributed by atoms with Crippen LogP contribution in [0.5, 0.6) is 0 Å². The lowest BCUT2D eigenvalue weighted by atomic mass is 9.82. The lowest BCUT2D eigenvalue weighted by molar-refractivity contribution is 0.176. The highest BCUT2D eigenvalue weighted by atomic mass is 32.1. The van der Waals surface area contributed by atoms with Gasteiger partial charge in [-0.15, -0.1) is 11.3 Å². The van der Waals surface area contributed by atoms with Crippen LogP contribution in [0.25, 0.3) is 22.1 Å². The summed E-state index contributed by atoms with van der Waals surface area (Å²) in [4.78, 5) is 31.2. The molecule has 0 aliphatic carbocycles. The molecule has 1 amide bonds. The average molecular weight is 486 g/mol. The molecular formula is C25H28FN3O4S. The Bertz CT molecular complexity index is 1430. The molecule has 4 aromatic rings. The molecule has 1 unspecified atom stereocenters. The Kier molecular flexibility index (Phi) is 6.24. The molecule has 9 heteroatoms. The summed E-state index contributed by atoms with van der Waals surface area (Å²) in [7, 11) is 0. The van der Waals surface area contributed by atoms with Crippen molar-refractivity contribution in [3.05, 3.63) is 62.1 Å². The van der Waals surface area contributed by atoms with Crippen molar-refractivity contribution in [3.8, 4) is 0 Å². The number of aryl methyl sites for hydroxylation is 1. The third kappa shape index (κ3) is 4.84. The number of nitrogens with one attached hydrogen (secondary N) is 1. The van der Waals surface area contributed by atoms with E-state index < -0.39 is 23.5 Å². The molecule has 7 nitrogen and oxygen atoms in total. The Morgan fingerprint density at radius 3 is 2.68 bits per heavy atom. The van der Waals surface area contributed by atoms with Gasteiger partial charge < -0.3 is 14.8 Å². The van der Waals surface area contributed by atoms with Gasteiger partial charge >= 0.3 is 6.09 Å². The molecule has 4 rings (SSSR count). The number of halogens is 1. The van der Waals surface area contributed by atoms with Crippen LogP contribution in [0, 0.1) is 24.1 Å². The summed E-state index contributed by atoms with van der Waals surface area (Å²) in [5.41, 5.74) is 1.17. The molecule has 0 aliphatic heterocycles. The third-order valence-electron chi connectivity index (χ3n) is 5.73. The molecule has 2 N–H and O–H groups in total. The van der Waals surface area contributed by atoms with Crippen molar-refractivity contribution in [2.75, 3.05) is 0 Å². The van der Waals surface area contributed by atoms with E-state index in [0.29, 0.717) is 17.4 Å². The minimum atomic E-state index is -1.21. The van der Waals surface area contributed by atoms with Crippen molar-refractivity contribution in [1.29, 1.82) is 0 Å². The fourth-order valence-electron chi connectivity index (χ4n) is 4.51. The van der Waals surface area contributed by atoms with Crippen LogP contribution in [0.1, 0.15) is 56.4 Å². The van der Waals surface area contributed by atoms with Crippen LogP contribution in [0.3, 0.4) is 0 Å². The van der Waals surface area contributed by atoms with Gasteiger partial charge in [-0.2, -0.15) is 0 Å². The summed E-state index contributed by atoms with van der Waals surface area (Å²) >= 11 is 1.51. The normalized spacial score (nSPS) is 13.9. The second kappa shape index (κ2) is 8.87. The van der Waals surface area contributed by atoms with Crippen molar-refractivity contribution in [2.24, 2.45) is 11.3 Å². The average Bonchev–Trinajstić information content (AvgIpc) is 3.30. The summed E-state index contributed by atoms with van der Waals surface area (Å²) in [6, 6.07) is 5.24. The number of amides is 1. The van der Waals surface area contributed by atoms with E-state index in [2.05, 4.69) is 26.1 Å². The molecule has 0 saturated carbocycles. The standard InChI is InChI=1S/C25H28FN3O4S/c1-13-8-16(34-12-13)11-29-22(19(28-24(31)32)14(2)10-25(3,4)5)27-20-17-9-15(26)6-7-18(17)33-21(20)23(29)30/h6-9,12,14,19,28H,10-11H2,1-5H3,(H,31,32)/t14-,19?/m1/s1. The smallest absolute Gasteiger partial charge is 0.405 e. The molecule has 1 aromatic carbocycles. The van der Waals surface area contributed by atoms with Crippen molar-refractivity contribution >= 4 is 39.5 Å². The molecule has 0 radical (unpaired) electrons. The molecule has 0 aliphatic rings. The number of hydrogen-bond acceptors (Lipinski definition) is 5. The van der Waals surface area contributed by atoms with Gasteiger partial charge in [-0.25, -0.2) is 14.2 Å².